The van der Waals surface area contributed by atoms with Gasteiger partial charge in [0.05, 0.1) is 5.75 Å². The molecule has 0 aliphatic heterocycles. The molecule has 1 aromatic heterocycles. The van der Waals surface area contributed by atoms with Crippen molar-refractivity contribution in [1.82, 2.24) is 19.7 Å². The molecule has 5 nitrogen and oxygen atoms in total. The van der Waals surface area contributed by atoms with Gasteiger partial charge in [-0.25, -0.2) is 4.39 Å². The number of carbonyl (C=O) groups excluding carboxylic acids is 1. The lowest BCUT2D eigenvalue weighted by atomic mass is 10.2. The van der Waals surface area contributed by atoms with Crippen LogP contribution in [0.1, 0.15) is 5.56 Å². The van der Waals surface area contributed by atoms with Crippen LogP contribution in [0.25, 0.3) is 0 Å². The summed E-state index contributed by atoms with van der Waals surface area (Å²) in [6.45, 7) is 0.457. The zero-order valence-corrected chi connectivity index (χ0v) is 12.1. The molecular formula is C13H15FN4OS. The van der Waals surface area contributed by atoms with Gasteiger partial charge in [-0.05, 0) is 17.7 Å². The molecule has 0 unspecified atom stereocenters. The Morgan fingerprint density at radius 2 is 2.10 bits per heavy atom. The molecule has 0 atom stereocenters. The molecule has 2 aromatic rings. The van der Waals surface area contributed by atoms with Crippen molar-refractivity contribution in [1.29, 1.82) is 0 Å². The molecule has 1 heterocycles. The van der Waals surface area contributed by atoms with E-state index in [-0.39, 0.29) is 11.7 Å². The summed E-state index contributed by atoms with van der Waals surface area (Å²) in [7, 11) is 3.55. The number of benzene rings is 1. The topological polar surface area (TPSA) is 51.0 Å². The van der Waals surface area contributed by atoms with Crippen LogP contribution >= 0.6 is 11.8 Å². The van der Waals surface area contributed by atoms with Crippen LogP contribution < -0.4 is 0 Å². The standard InChI is InChI=1S/C13H15FN4OS/c1-17(7-10-3-5-11(14)6-4-10)12(19)8-20-13-16-15-9-18(13)2/h3-6,9H,7-8H2,1-2H3. The Balaban J connectivity index is 1.86. The minimum Gasteiger partial charge on any atom is -0.341 e. The first-order valence-electron chi connectivity index (χ1n) is 6.01. The summed E-state index contributed by atoms with van der Waals surface area (Å²) >= 11 is 1.34. The zero-order chi connectivity index (χ0) is 14.5. The highest BCUT2D eigenvalue weighted by Gasteiger charge is 2.11. The van der Waals surface area contributed by atoms with Gasteiger partial charge in [-0.2, -0.15) is 0 Å². The number of amides is 1. The average Bonchev–Trinajstić information content (AvgIpc) is 2.84. The lowest BCUT2D eigenvalue weighted by molar-refractivity contribution is -0.127. The van der Waals surface area contributed by atoms with Gasteiger partial charge in [0, 0.05) is 20.6 Å². The van der Waals surface area contributed by atoms with E-state index in [1.54, 1.807) is 35.0 Å². The number of hydrogen-bond acceptors (Lipinski definition) is 4. The smallest absolute Gasteiger partial charge is 0.233 e. The van der Waals surface area contributed by atoms with Gasteiger partial charge in [-0.3, -0.25) is 4.79 Å². The van der Waals surface area contributed by atoms with E-state index in [1.807, 2.05) is 7.05 Å². The van der Waals surface area contributed by atoms with Crippen molar-refractivity contribution in [3.05, 3.63) is 42.0 Å². The van der Waals surface area contributed by atoms with E-state index in [0.717, 1.165) is 5.56 Å². The molecule has 1 amide bonds. The molecule has 0 saturated heterocycles. The number of nitrogens with zero attached hydrogens (tertiary/aromatic N) is 4. The number of aryl methyl sites for hydroxylation is 1. The third-order valence-electron chi connectivity index (χ3n) is 2.75. The second-order valence-electron chi connectivity index (χ2n) is 4.39. The minimum atomic E-state index is -0.277. The maximum absolute atomic E-state index is 12.8. The summed E-state index contributed by atoms with van der Waals surface area (Å²) in [5.74, 6) is 0.00687. The van der Waals surface area contributed by atoms with E-state index >= 15 is 0 Å². The zero-order valence-electron chi connectivity index (χ0n) is 11.3. The molecule has 0 aliphatic rings. The van der Waals surface area contributed by atoms with Crippen LogP contribution in [-0.4, -0.2) is 38.4 Å². The number of halogens is 1. The highest BCUT2D eigenvalue weighted by atomic mass is 32.2. The van der Waals surface area contributed by atoms with Crippen molar-refractivity contribution in [3.63, 3.8) is 0 Å². The average molecular weight is 294 g/mol. The van der Waals surface area contributed by atoms with E-state index in [2.05, 4.69) is 10.2 Å². The minimum absolute atomic E-state index is 0.0117. The molecule has 1 aromatic carbocycles. The molecule has 0 fully saturated rings. The fourth-order valence-electron chi connectivity index (χ4n) is 1.59. The Morgan fingerprint density at radius 3 is 2.70 bits per heavy atom. The summed E-state index contributed by atoms with van der Waals surface area (Å²) in [6.07, 6.45) is 1.59. The number of aromatic nitrogens is 3. The summed E-state index contributed by atoms with van der Waals surface area (Å²) < 4.78 is 14.6. The number of carbonyl (C=O) groups is 1. The Kier molecular flexibility index (Phi) is 4.73. The van der Waals surface area contributed by atoms with E-state index in [0.29, 0.717) is 17.5 Å². The van der Waals surface area contributed by atoms with Crippen molar-refractivity contribution in [2.24, 2.45) is 7.05 Å². The second kappa shape index (κ2) is 6.51. The van der Waals surface area contributed by atoms with E-state index in [1.165, 1.54) is 23.9 Å². The monoisotopic (exact) mass is 294 g/mol. The Morgan fingerprint density at radius 1 is 1.40 bits per heavy atom. The lowest BCUT2D eigenvalue weighted by Gasteiger charge is -2.16. The number of thioether (sulfide) groups is 1. The van der Waals surface area contributed by atoms with Crippen LogP contribution in [0, 0.1) is 5.82 Å². The van der Waals surface area contributed by atoms with Gasteiger partial charge >= 0.3 is 0 Å². The predicted molar refractivity (Wildman–Crippen MR) is 74.6 cm³/mol. The quantitative estimate of drug-likeness (QED) is 0.788. The van der Waals surface area contributed by atoms with Crippen LogP contribution in [0.4, 0.5) is 4.39 Å². The van der Waals surface area contributed by atoms with Crippen LogP contribution in [0.2, 0.25) is 0 Å². The Bertz CT molecular complexity index is 584. The fourth-order valence-corrected chi connectivity index (χ4v) is 2.42. The molecule has 0 saturated carbocycles. The predicted octanol–water partition coefficient (Wildman–Crippen LogP) is 1.70. The Hall–Kier alpha value is -1.89. The van der Waals surface area contributed by atoms with Crippen LogP contribution in [0.15, 0.2) is 35.7 Å². The summed E-state index contributed by atoms with van der Waals surface area (Å²) in [6, 6.07) is 6.13. The van der Waals surface area contributed by atoms with E-state index in [9.17, 15) is 9.18 Å². The largest absolute Gasteiger partial charge is 0.341 e. The van der Waals surface area contributed by atoms with E-state index in [4.69, 9.17) is 0 Å². The normalized spacial score (nSPS) is 10.6. The number of rotatable bonds is 5. The van der Waals surface area contributed by atoms with Crippen LogP contribution in [0.5, 0.6) is 0 Å². The molecule has 106 valence electrons. The van der Waals surface area contributed by atoms with Crippen molar-refractivity contribution >= 4 is 17.7 Å². The third-order valence-corrected chi connectivity index (χ3v) is 3.77. The first kappa shape index (κ1) is 14.5. The Labute approximate surface area is 120 Å². The van der Waals surface area contributed by atoms with Gasteiger partial charge < -0.3 is 9.47 Å². The summed E-state index contributed by atoms with van der Waals surface area (Å²) in [4.78, 5) is 13.6. The van der Waals surface area contributed by atoms with Gasteiger partial charge in [0.2, 0.25) is 5.91 Å². The van der Waals surface area contributed by atoms with Crippen molar-refractivity contribution in [3.8, 4) is 0 Å². The first-order chi connectivity index (χ1) is 9.56. The van der Waals surface area contributed by atoms with Gasteiger partial charge in [0.25, 0.3) is 0 Å². The van der Waals surface area contributed by atoms with Crippen molar-refractivity contribution < 1.29 is 9.18 Å². The molecule has 0 spiro atoms. The lowest BCUT2D eigenvalue weighted by Crippen LogP contribution is -2.27. The summed E-state index contributed by atoms with van der Waals surface area (Å²) in [5, 5.41) is 8.36. The first-order valence-corrected chi connectivity index (χ1v) is 7.00. The van der Waals surface area contributed by atoms with Crippen LogP contribution in [0.3, 0.4) is 0 Å². The molecule has 20 heavy (non-hydrogen) atoms. The highest BCUT2D eigenvalue weighted by Crippen LogP contribution is 2.14. The molecular weight excluding hydrogens is 279 g/mol. The molecule has 2 rings (SSSR count). The van der Waals surface area contributed by atoms with Crippen LogP contribution in [-0.2, 0) is 18.4 Å². The molecule has 7 heteroatoms. The van der Waals surface area contributed by atoms with Gasteiger partial charge in [-0.15, -0.1) is 10.2 Å². The van der Waals surface area contributed by atoms with Crippen molar-refractivity contribution in [2.45, 2.75) is 11.7 Å². The maximum Gasteiger partial charge on any atom is 0.233 e. The SMILES string of the molecule is CN(Cc1ccc(F)cc1)C(=O)CSc1nncn1C. The number of hydrogen-bond donors (Lipinski definition) is 0. The molecule has 0 radical (unpaired) electrons. The highest BCUT2D eigenvalue weighted by molar-refractivity contribution is 7.99. The maximum atomic E-state index is 12.8. The molecule has 0 N–H and O–H groups in total. The molecule has 0 bridgehead atoms. The van der Waals surface area contributed by atoms with Gasteiger partial charge in [0.15, 0.2) is 5.16 Å². The molecule has 0 aliphatic carbocycles. The van der Waals surface area contributed by atoms with Gasteiger partial charge in [-0.1, -0.05) is 23.9 Å². The van der Waals surface area contributed by atoms with Crippen molar-refractivity contribution in [2.75, 3.05) is 12.8 Å². The third kappa shape index (κ3) is 3.80. The second-order valence-corrected chi connectivity index (χ2v) is 5.33. The van der Waals surface area contributed by atoms with Gasteiger partial charge in [0.1, 0.15) is 12.1 Å². The fraction of sp³-hybridized carbons (Fsp3) is 0.308. The van der Waals surface area contributed by atoms with E-state index < -0.39 is 0 Å². The summed E-state index contributed by atoms with van der Waals surface area (Å²) in [5.41, 5.74) is 0.894.